The number of Topliss-reactive ketones (excluding diaryl/α,β-unsaturated/α-hetero) is 1. The van der Waals surface area contributed by atoms with Crippen molar-refractivity contribution in [2.45, 2.75) is 44.1 Å². The van der Waals surface area contributed by atoms with Crippen LogP contribution in [0.1, 0.15) is 48.9 Å². The molecule has 3 heteroatoms. The molecule has 4 aliphatic rings. The zero-order chi connectivity index (χ0) is 14.4. The standard InChI is InChI=1S/C18H22ClNO/c19-16-3-1-15(2-4-16)17(21)11-20-18-8-12-5-13(9-18)7-14(6-12)10-18/h1-4,12-14,20H,5-11H2. The van der Waals surface area contributed by atoms with E-state index in [2.05, 4.69) is 5.32 Å². The Morgan fingerprint density at radius 1 is 1.05 bits per heavy atom. The fourth-order valence-corrected chi connectivity index (χ4v) is 5.46. The Balaban J connectivity index is 1.42. The van der Waals surface area contributed by atoms with Crippen molar-refractivity contribution in [2.24, 2.45) is 17.8 Å². The molecule has 0 atom stereocenters. The Morgan fingerprint density at radius 3 is 2.10 bits per heavy atom. The van der Waals surface area contributed by atoms with Crippen LogP contribution in [0.3, 0.4) is 0 Å². The number of ketones is 1. The van der Waals surface area contributed by atoms with E-state index in [4.69, 9.17) is 11.6 Å². The van der Waals surface area contributed by atoms with E-state index in [0.29, 0.717) is 11.6 Å². The number of hydrogen-bond donors (Lipinski definition) is 1. The first-order valence-electron chi connectivity index (χ1n) is 8.16. The largest absolute Gasteiger partial charge is 0.304 e. The van der Waals surface area contributed by atoms with Gasteiger partial charge in [-0.05, 0) is 80.5 Å². The van der Waals surface area contributed by atoms with E-state index in [1.807, 2.05) is 12.1 Å². The van der Waals surface area contributed by atoms with Crippen LogP contribution in [0.25, 0.3) is 0 Å². The summed E-state index contributed by atoms with van der Waals surface area (Å²) in [6.45, 7) is 0.466. The van der Waals surface area contributed by atoms with Crippen LogP contribution in [0.5, 0.6) is 0 Å². The quantitative estimate of drug-likeness (QED) is 0.849. The van der Waals surface area contributed by atoms with Crippen LogP contribution >= 0.6 is 11.6 Å². The van der Waals surface area contributed by atoms with Gasteiger partial charge in [-0.15, -0.1) is 0 Å². The highest BCUT2D eigenvalue weighted by Crippen LogP contribution is 2.55. The number of halogens is 1. The van der Waals surface area contributed by atoms with Crippen LogP contribution in [0.2, 0.25) is 5.02 Å². The molecule has 4 saturated carbocycles. The lowest BCUT2D eigenvalue weighted by molar-refractivity contribution is -0.0186. The molecule has 1 N–H and O–H groups in total. The Hall–Kier alpha value is -0.860. The van der Waals surface area contributed by atoms with Gasteiger partial charge in [0, 0.05) is 16.1 Å². The van der Waals surface area contributed by atoms with Crippen LogP contribution in [-0.2, 0) is 0 Å². The van der Waals surface area contributed by atoms with Crippen molar-refractivity contribution in [2.75, 3.05) is 6.54 Å². The third-order valence-electron chi connectivity index (χ3n) is 5.83. The summed E-state index contributed by atoms with van der Waals surface area (Å²) < 4.78 is 0. The van der Waals surface area contributed by atoms with E-state index in [1.165, 1.54) is 38.5 Å². The van der Waals surface area contributed by atoms with Crippen molar-refractivity contribution < 1.29 is 4.79 Å². The molecule has 0 unspecified atom stereocenters. The monoisotopic (exact) mass is 303 g/mol. The lowest BCUT2D eigenvalue weighted by Crippen LogP contribution is -2.59. The predicted octanol–water partition coefficient (Wildman–Crippen LogP) is 4.08. The molecule has 0 saturated heterocycles. The van der Waals surface area contributed by atoms with Crippen molar-refractivity contribution in [3.05, 3.63) is 34.9 Å². The summed E-state index contributed by atoms with van der Waals surface area (Å²) in [7, 11) is 0. The van der Waals surface area contributed by atoms with Gasteiger partial charge in [-0.25, -0.2) is 0 Å². The third-order valence-corrected chi connectivity index (χ3v) is 6.08. The van der Waals surface area contributed by atoms with Crippen LogP contribution in [0, 0.1) is 17.8 Å². The summed E-state index contributed by atoms with van der Waals surface area (Å²) in [6.07, 6.45) is 8.16. The molecule has 4 bridgehead atoms. The zero-order valence-electron chi connectivity index (χ0n) is 12.3. The normalized spacial score (nSPS) is 36.9. The minimum Gasteiger partial charge on any atom is -0.304 e. The van der Waals surface area contributed by atoms with Gasteiger partial charge in [-0.2, -0.15) is 0 Å². The van der Waals surface area contributed by atoms with Gasteiger partial charge in [-0.3, -0.25) is 4.79 Å². The molecule has 112 valence electrons. The van der Waals surface area contributed by atoms with Crippen LogP contribution < -0.4 is 5.32 Å². The molecule has 4 aliphatic carbocycles. The molecule has 21 heavy (non-hydrogen) atoms. The van der Waals surface area contributed by atoms with Gasteiger partial charge in [0.05, 0.1) is 6.54 Å². The smallest absolute Gasteiger partial charge is 0.176 e. The van der Waals surface area contributed by atoms with E-state index >= 15 is 0 Å². The lowest BCUT2D eigenvalue weighted by atomic mass is 9.53. The Bertz CT molecular complexity index is 516. The molecular formula is C18H22ClNO. The van der Waals surface area contributed by atoms with E-state index < -0.39 is 0 Å². The first kappa shape index (κ1) is 13.8. The van der Waals surface area contributed by atoms with E-state index in [1.54, 1.807) is 12.1 Å². The molecule has 4 fully saturated rings. The molecular weight excluding hydrogens is 282 g/mol. The van der Waals surface area contributed by atoms with E-state index in [9.17, 15) is 4.79 Å². The molecule has 0 amide bonds. The maximum absolute atomic E-state index is 12.3. The maximum atomic E-state index is 12.3. The minimum atomic E-state index is 0.183. The fraction of sp³-hybridized carbons (Fsp3) is 0.611. The van der Waals surface area contributed by atoms with Gasteiger partial charge < -0.3 is 5.32 Å². The van der Waals surface area contributed by atoms with Crippen LogP contribution in [0.15, 0.2) is 24.3 Å². The highest BCUT2D eigenvalue weighted by atomic mass is 35.5. The predicted molar refractivity (Wildman–Crippen MR) is 84.7 cm³/mol. The van der Waals surface area contributed by atoms with Gasteiger partial charge in [-0.1, -0.05) is 11.6 Å². The van der Waals surface area contributed by atoms with Gasteiger partial charge >= 0.3 is 0 Å². The molecule has 1 aromatic carbocycles. The number of carbonyl (C=O) groups excluding carboxylic acids is 1. The van der Waals surface area contributed by atoms with Gasteiger partial charge in [0.2, 0.25) is 0 Å². The Labute approximate surface area is 131 Å². The van der Waals surface area contributed by atoms with E-state index in [-0.39, 0.29) is 11.3 Å². The topological polar surface area (TPSA) is 29.1 Å². The Kier molecular flexibility index (Phi) is 3.35. The summed E-state index contributed by atoms with van der Waals surface area (Å²) in [5.74, 6) is 2.92. The Morgan fingerprint density at radius 2 is 1.57 bits per heavy atom. The average Bonchev–Trinajstić information content (AvgIpc) is 2.44. The molecule has 0 aromatic heterocycles. The summed E-state index contributed by atoms with van der Waals surface area (Å²) in [6, 6.07) is 7.23. The van der Waals surface area contributed by atoms with Gasteiger partial charge in [0.1, 0.15) is 0 Å². The highest BCUT2D eigenvalue weighted by Gasteiger charge is 2.50. The fourth-order valence-electron chi connectivity index (χ4n) is 5.33. The maximum Gasteiger partial charge on any atom is 0.176 e. The molecule has 1 aromatic rings. The second-order valence-electron chi connectivity index (χ2n) is 7.48. The third kappa shape index (κ3) is 2.64. The van der Waals surface area contributed by atoms with Crippen molar-refractivity contribution in [1.82, 2.24) is 5.32 Å². The summed E-state index contributed by atoms with van der Waals surface area (Å²) in [4.78, 5) is 12.3. The van der Waals surface area contributed by atoms with Crippen molar-refractivity contribution in [1.29, 1.82) is 0 Å². The first-order chi connectivity index (χ1) is 10.1. The second-order valence-corrected chi connectivity index (χ2v) is 7.92. The van der Waals surface area contributed by atoms with Gasteiger partial charge in [0.25, 0.3) is 0 Å². The number of carbonyl (C=O) groups is 1. The number of nitrogens with one attached hydrogen (secondary N) is 1. The summed E-state index contributed by atoms with van der Waals surface area (Å²) in [5, 5.41) is 4.34. The molecule has 0 spiro atoms. The molecule has 0 aliphatic heterocycles. The second kappa shape index (κ2) is 5.10. The summed E-state index contributed by atoms with van der Waals surface area (Å²) >= 11 is 5.88. The summed E-state index contributed by atoms with van der Waals surface area (Å²) in [5.41, 5.74) is 1.02. The van der Waals surface area contributed by atoms with Gasteiger partial charge in [0.15, 0.2) is 5.78 Å². The van der Waals surface area contributed by atoms with Crippen molar-refractivity contribution >= 4 is 17.4 Å². The average molecular weight is 304 g/mol. The molecule has 0 heterocycles. The minimum absolute atomic E-state index is 0.183. The zero-order valence-corrected chi connectivity index (χ0v) is 13.0. The number of hydrogen-bond acceptors (Lipinski definition) is 2. The SMILES string of the molecule is O=C(CNC12CC3CC(CC(C3)C1)C2)c1ccc(Cl)cc1. The van der Waals surface area contributed by atoms with Crippen molar-refractivity contribution in [3.8, 4) is 0 Å². The molecule has 5 rings (SSSR count). The van der Waals surface area contributed by atoms with Crippen molar-refractivity contribution in [3.63, 3.8) is 0 Å². The number of rotatable bonds is 4. The molecule has 0 radical (unpaired) electrons. The first-order valence-corrected chi connectivity index (χ1v) is 8.53. The number of benzene rings is 1. The van der Waals surface area contributed by atoms with Crippen LogP contribution in [-0.4, -0.2) is 17.9 Å². The molecule has 2 nitrogen and oxygen atoms in total. The van der Waals surface area contributed by atoms with E-state index in [0.717, 1.165) is 23.3 Å². The van der Waals surface area contributed by atoms with Crippen LogP contribution in [0.4, 0.5) is 0 Å². The highest BCUT2D eigenvalue weighted by molar-refractivity contribution is 6.30. The lowest BCUT2D eigenvalue weighted by Gasteiger charge is -2.57.